The van der Waals surface area contributed by atoms with Crippen molar-refractivity contribution < 1.29 is 27.9 Å². The lowest BCUT2D eigenvalue weighted by Crippen LogP contribution is -2.46. The van der Waals surface area contributed by atoms with Gasteiger partial charge in [-0.25, -0.2) is 4.58 Å². The molecule has 1 atom stereocenters. The number of alkyl halides is 2. The zero-order valence-electron chi connectivity index (χ0n) is 16.1. The topological polar surface area (TPSA) is 44.9 Å². The molecular formula is C21H23F2N2O3S+. The van der Waals surface area contributed by atoms with Crippen molar-refractivity contribution >= 4 is 22.6 Å². The summed E-state index contributed by atoms with van der Waals surface area (Å²) in [7, 11) is 0. The largest absolute Gasteiger partial charge is 0.494 e. The van der Waals surface area contributed by atoms with Crippen LogP contribution in [-0.2, 0) is 5.72 Å². The van der Waals surface area contributed by atoms with Gasteiger partial charge in [-0.2, -0.15) is 13.7 Å². The van der Waals surface area contributed by atoms with Crippen LogP contribution in [0.15, 0.2) is 48.5 Å². The number of aliphatic hydroxyl groups is 1. The fourth-order valence-electron chi connectivity index (χ4n) is 3.76. The highest BCUT2D eigenvalue weighted by molar-refractivity contribution is 8.14. The van der Waals surface area contributed by atoms with Gasteiger partial charge in [0, 0.05) is 11.3 Å². The Morgan fingerprint density at radius 3 is 2.48 bits per heavy atom. The van der Waals surface area contributed by atoms with Crippen molar-refractivity contribution in [3.05, 3.63) is 54.1 Å². The van der Waals surface area contributed by atoms with Gasteiger partial charge in [0.1, 0.15) is 17.2 Å². The molecule has 29 heavy (non-hydrogen) atoms. The average Bonchev–Trinajstić information content (AvgIpc) is 3.02. The van der Waals surface area contributed by atoms with Crippen LogP contribution in [0.5, 0.6) is 11.5 Å². The molecule has 5 nitrogen and oxygen atoms in total. The van der Waals surface area contributed by atoms with E-state index in [0.29, 0.717) is 18.7 Å². The van der Waals surface area contributed by atoms with E-state index >= 15 is 0 Å². The van der Waals surface area contributed by atoms with Crippen LogP contribution in [0, 0.1) is 0 Å². The lowest BCUT2D eigenvalue weighted by molar-refractivity contribution is -0.532. The average molecular weight is 421 g/mol. The number of hydrogen-bond acceptors (Lipinski definition) is 5. The second-order valence-electron chi connectivity index (χ2n) is 6.89. The van der Waals surface area contributed by atoms with Crippen LogP contribution in [0.25, 0.3) is 0 Å². The van der Waals surface area contributed by atoms with E-state index in [9.17, 15) is 13.9 Å². The lowest BCUT2D eigenvalue weighted by atomic mass is 10.0. The summed E-state index contributed by atoms with van der Waals surface area (Å²) in [6.07, 6.45) is 1.04. The molecule has 0 aliphatic carbocycles. The third kappa shape index (κ3) is 3.91. The number of rotatable bonds is 6. The Morgan fingerprint density at radius 2 is 1.83 bits per heavy atom. The SMILES string of the molecule is CCOc1ccc(N2C3=[N+](CCCS3)C[C@@]2(O)c2ccc(OC(F)F)cc2)cc1. The molecule has 0 unspecified atom stereocenters. The molecule has 2 aromatic carbocycles. The molecule has 0 radical (unpaired) electrons. The van der Waals surface area contributed by atoms with Crippen molar-refractivity contribution in [2.24, 2.45) is 0 Å². The Labute approximate surface area is 172 Å². The summed E-state index contributed by atoms with van der Waals surface area (Å²) in [6, 6.07) is 13.8. The summed E-state index contributed by atoms with van der Waals surface area (Å²) in [6.45, 7) is 0.904. The van der Waals surface area contributed by atoms with Crippen LogP contribution in [0.2, 0.25) is 0 Å². The predicted molar refractivity (Wildman–Crippen MR) is 109 cm³/mol. The van der Waals surface area contributed by atoms with Gasteiger partial charge in [0.2, 0.25) is 0 Å². The molecule has 0 aromatic heterocycles. The Hall–Kier alpha value is -2.32. The molecule has 0 spiro atoms. The van der Waals surface area contributed by atoms with Crippen LogP contribution in [0.3, 0.4) is 0 Å². The van der Waals surface area contributed by atoms with Crippen molar-refractivity contribution in [2.75, 3.05) is 30.3 Å². The number of benzene rings is 2. The highest BCUT2D eigenvalue weighted by Crippen LogP contribution is 2.40. The minimum atomic E-state index is -2.88. The minimum absolute atomic E-state index is 0.0673. The van der Waals surface area contributed by atoms with E-state index in [1.165, 1.54) is 12.1 Å². The van der Waals surface area contributed by atoms with Crippen molar-refractivity contribution in [3.8, 4) is 11.5 Å². The summed E-state index contributed by atoms with van der Waals surface area (Å²) in [5.41, 5.74) is 0.148. The van der Waals surface area contributed by atoms with Crippen LogP contribution >= 0.6 is 11.8 Å². The summed E-state index contributed by atoms with van der Waals surface area (Å²) >= 11 is 1.71. The molecular weight excluding hydrogens is 398 g/mol. The molecule has 2 aliphatic rings. The number of ether oxygens (including phenoxy) is 2. The summed E-state index contributed by atoms with van der Waals surface area (Å²) in [4.78, 5) is 1.93. The first kappa shape index (κ1) is 20.0. The standard InChI is InChI=1S/C21H23F2N2O3S/c1-2-27-17-10-6-16(7-11-17)25-20-24(12-3-13-29-20)14-21(25,26)15-4-8-18(9-5-15)28-19(22)23/h4-11,19,26H,2-3,12-14H2,1H3/q+1/t21-/m1/s1. The Kier molecular flexibility index (Phi) is 5.65. The van der Waals surface area contributed by atoms with Crippen molar-refractivity contribution in [1.82, 2.24) is 0 Å². The van der Waals surface area contributed by atoms with Crippen LogP contribution in [0.1, 0.15) is 18.9 Å². The normalized spacial score (nSPS) is 21.5. The predicted octanol–water partition coefficient (Wildman–Crippen LogP) is 3.86. The molecule has 2 aromatic rings. The maximum atomic E-state index is 12.5. The second-order valence-corrected chi connectivity index (χ2v) is 7.95. The lowest BCUT2D eigenvalue weighted by Gasteiger charge is -2.28. The molecule has 1 N–H and O–H groups in total. The monoisotopic (exact) mass is 421 g/mol. The first-order valence-corrected chi connectivity index (χ1v) is 10.6. The number of nitrogens with zero attached hydrogens (tertiary/aromatic N) is 2. The smallest absolute Gasteiger partial charge is 0.387 e. The van der Waals surface area contributed by atoms with Gasteiger partial charge in [-0.3, -0.25) is 0 Å². The van der Waals surface area contributed by atoms with Crippen molar-refractivity contribution in [3.63, 3.8) is 0 Å². The van der Waals surface area contributed by atoms with Gasteiger partial charge in [-0.1, -0.05) is 0 Å². The van der Waals surface area contributed by atoms with E-state index in [1.54, 1.807) is 23.9 Å². The number of halogens is 2. The number of anilines is 1. The van der Waals surface area contributed by atoms with Crippen molar-refractivity contribution in [2.45, 2.75) is 25.7 Å². The van der Waals surface area contributed by atoms with E-state index in [2.05, 4.69) is 9.31 Å². The van der Waals surface area contributed by atoms with Gasteiger partial charge in [0.25, 0.3) is 5.72 Å². The Morgan fingerprint density at radius 1 is 1.14 bits per heavy atom. The maximum absolute atomic E-state index is 12.5. The third-order valence-electron chi connectivity index (χ3n) is 4.99. The summed E-state index contributed by atoms with van der Waals surface area (Å²) in [5, 5.41) is 12.8. The first-order chi connectivity index (χ1) is 14.0. The van der Waals surface area contributed by atoms with Crippen LogP contribution < -0.4 is 14.4 Å². The fraction of sp³-hybridized carbons (Fsp3) is 0.381. The minimum Gasteiger partial charge on any atom is -0.494 e. The van der Waals surface area contributed by atoms with Crippen LogP contribution in [0.4, 0.5) is 14.5 Å². The zero-order chi connectivity index (χ0) is 20.4. The van der Waals surface area contributed by atoms with Crippen molar-refractivity contribution in [1.29, 1.82) is 0 Å². The Balaban J connectivity index is 1.70. The maximum Gasteiger partial charge on any atom is 0.387 e. The molecule has 4 rings (SSSR count). The van der Waals surface area contributed by atoms with E-state index in [4.69, 9.17) is 4.74 Å². The molecule has 2 heterocycles. The third-order valence-corrected chi connectivity index (χ3v) is 6.19. The van der Waals surface area contributed by atoms with Crippen LogP contribution in [-0.4, -0.2) is 46.9 Å². The highest BCUT2D eigenvalue weighted by atomic mass is 32.2. The van der Waals surface area contributed by atoms with Gasteiger partial charge in [0.05, 0.1) is 13.2 Å². The van der Waals surface area contributed by atoms with Gasteiger partial charge < -0.3 is 14.6 Å². The molecule has 0 amide bonds. The summed E-state index contributed by atoms with van der Waals surface area (Å²) < 4.78 is 37.1. The van der Waals surface area contributed by atoms with Gasteiger partial charge >= 0.3 is 11.8 Å². The first-order valence-electron chi connectivity index (χ1n) is 9.57. The number of hydrogen-bond donors (Lipinski definition) is 1. The quantitative estimate of drug-likeness (QED) is 0.718. The zero-order valence-corrected chi connectivity index (χ0v) is 16.9. The van der Waals surface area contributed by atoms with E-state index in [1.807, 2.05) is 36.1 Å². The summed E-state index contributed by atoms with van der Waals surface area (Å²) in [5.74, 6) is 1.82. The van der Waals surface area contributed by atoms with Gasteiger partial charge in [-0.05, 0) is 73.6 Å². The number of thioether (sulfide) groups is 1. The molecule has 2 aliphatic heterocycles. The molecule has 154 valence electrons. The highest BCUT2D eigenvalue weighted by Gasteiger charge is 2.55. The molecule has 0 fully saturated rings. The molecule has 8 heteroatoms. The van der Waals surface area contributed by atoms with E-state index in [-0.39, 0.29) is 5.75 Å². The van der Waals surface area contributed by atoms with Gasteiger partial charge in [0.15, 0.2) is 6.54 Å². The van der Waals surface area contributed by atoms with E-state index < -0.39 is 12.3 Å². The fourth-order valence-corrected chi connectivity index (χ4v) is 4.94. The van der Waals surface area contributed by atoms with Gasteiger partial charge in [-0.15, -0.1) is 0 Å². The second kappa shape index (κ2) is 8.20. The molecule has 0 saturated heterocycles. The number of amidine groups is 1. The Bertz CT molecular complexity index is 890. The molecule has 0 saturated carbocycles. The molecule has 0 bridgehead atoms. The van der Waals surface area contributed by atoms with E-state index in [0.717, 1.165) is 35.3 Å².